The maximum atomic E-state index is 13.8. The van der Waals surface area contributed by atoms with Crippen LogP contribution in [0.25, 0.3) is 0 Å². The summed E-state index contributed by atoms with van der Waals surface area (Å²) in [4.78, 5) is 32.2. The van der Waals surface area contributed by atoms with Crippen molar-refractivity contribution in [3.63, 3.8) is 0 Å². The molecule has 0 radical (unpaired) electrons. The van der Waals surface area contributed by atoms with Gasteiger partial charge in [0.2, 0.25) is 11.8 Å². The van der Waals surface area contributed by atoms with Crippen molar-refractivity contribution < 1.29 is 9.59 Å². The SMILES string of the molecule is C=CC(=O)N1C[C@@H](N2CCN(C(=O)[C@H]3CCC(C)(C)C[C@@H]3c3ccccc3Cl)C[C@@H]2C)[C@H]1C. The fourth-order valence-electron chi connectivity index (χ4n) is 6.26. The molecule has 180 valence electrons. The second-order valence-electron chi connectivity index (χ2n) is 11.0. The van der Waals surface area contributed by atoms with Crippen molar-refractivity contribution in [3.05, 3.63) is 47.5 Å². The van der Waals surface area contributed by atoms with Crippen LogP contribution >= 0.6 is 11.6 Å². The molecule has 5 atom stereocenters. The van der Waals surface area contributed by atoms with Crippen LogP contribution in [0, 0.1) is 11.3 Å². The van der Waals surface area contributed by atoms with Crippen molar-refractivity contribution >= 4 is 23.4 Å². The Kier molecular flexibility index (Phi) is 6.93. The molecule has 33 heavy (non-hydrogen) atoms. The van der Waals surface area contributed by atoms with Gasteiger partial charge in [-0.2, -0.15) is 0 Å². The number of carbonyl (C=O) groups excluding carboxylic acids is 2. The predicted octanol–water partition coefficient (Wildman–Crippen LogP) is 4.57. The molecule has 5 nitrogen and oxygen atoms in total. The van der Waals surface area contributed by atoms with Crippen LogP contribution < -0.4 is 0 Å². The third-order valence-corrected chi connectivity index (χ3v) is 8.66. The fourth-order valence-corrected chi connectivity index (χ4v) is 6.54. The highest BCUT2D eigenvalue weighted by Gasteiger charge is 2.46. The maximum absolute atomic E-state index is 13.8. The molecule has 0 spiro atoms. The molecule has 2 amide bonds. The smallest absolute Gasteiger partial charge is 0.246 e. The second-order valence-corrected chi connectivity index (χ2v) is 11.4. The number of piperazine rings is 1. The van der Waals surface area contributed by atoms with Crippen LogP contribution in [-0.4, -0.2) is 70.8 Å². The van der Waals surface area contributed by atoms with Gasteiger partial charge in [0.1, 0.15) is 0 Å². The van der Waals surface area contributed by atoms with Gasteiger partial charge in [-0.05, 0) is 62.1 Å². The van der Waals surface area contributed by atoms with Crippen molar-refractivity contribution in [2.75, 3.05) is 26.2 Å². The van der Waals surface area contributed by atoms with Gasteiger partial charge in [0, 0.05) is 55.2 Å². The Balaban J connectivity index is 1.44. The van der Waals surface area contributed by atoms with E-state index in [2.05, 4.69) is 50.1 Å². The molecule has 3 aliphatic rings. The summed E-state index contributed by atoms with van der Waals surface area (Å²) in [7, 11) is 0. The van der Waals surface area contributed by atoms with E-state index in [1.807, 2.05) is 23.1 Å². The first-order valence-corrected chi connectivity index (χ1v) is 12.7. The minimum Gasteiger partial charge on any atom is -0.340 e. The van der Waals surface area contributed by atoms with Gasteiger partial charge in [-0.3, -0.25) is 14.5 Å². The first kappa shape index (κ1) is 24.3. The zero-order valence-corrected chi connectivity index (χ0v) is 21.2. The van der Waals surface area contributed by atoms with Gasteiger partial charge in [0.05, 0.1) is 0 Å². The van der Waals surface area contributed by atoms with E-state index in [0.29, 0.717) is 6.04 Å². The van der Waals surface area contributed by atoms with Crippen LogP contribution in [0.2, 0.25) is 5.02 Å². The van der Waals surface area contributed by atoms with Crippen LogP contribution in [0.15, 0.2) is 36.9 Å². The van der Waals surface area contributed by atoms with E-state index in [-0.39, 0.29) is 41.1 Å². The van der Waals surface area contributed by atoms with E-state index in [9.17, 15) is 9.59 Å². The number of hydrogen-bond donors (Lipinski definition) is 0. The van der Waals surface area contributed by atoms with Crippen molar-refractivity contribution in [1.82, 2.24) is 14.7 Å². The van der Waals surface area contributed by atoms with Gasteiger partial charge in [-0.15, -0.1) is 0 Å². The summed E-state index contributed by atoms with van der Waals surface area (Å²) in [6.45, 7) is 15.6. The monoisotopic (exact) mass is 471 g/mol. The summed E-state index contributed by atoms with van der Waals surface area (Å²) >= 11 is 6.60. The Morgan fingerprint density at radius 2 is 1.88 bits per heavy atom. The van der Waals surface area contributed by atoms with Gasteiger partial charge in [0.15, 0.2) is 0 Å². The van der Waals surface area contributed by atoms with Crippen molar-refractivity contribution in [2.45, 2.75) is 71.0 Å². The number of halogens is 1. The van der Waals surface area contributed by atoms with Crippen LogP contribution in [0.5, 0.6) is 0 Å². The van der Waals surface area contributed by atoms with Crippen molar-refractivity contribution in [3.8, 4) is 0 Å². The largest absolute Gasteiger partial charge is 0.340 e. The lowest BCUT2D eigenvalue weighted by Gasteiger charge is -2.55. The molecule has 1 saturated carbocycles. The molecule has 0 N–H and O–H groups in total. The van der Waals surface area contributed by atoms with Crippen molar-refractivity contribution in [1.29, 1.82) is 0 Å². The predicted molar refractivity (Wildman–Crippen MR) is 133 cm³/mol. The Hall–Kier alpha value is -1.85. The number of amides is 2. The van der Waals surface area contributed by atoms with Gasteiger partial charge in [-0.1, -0.05) is 50.2 Å². The summed E-state index contributed by atoms with van der Waals surface area (Å²) in [6, 6.07) is 8.85. The van der Waals surface area contributed by atoms with E-state index in [1.54, 1.807) is 0 Å². The van der Waals surface area contributed by atoms with Gasteiger partial charge in [0.25, 0.3) is 0 Å². The molecule has 4 rings (SSSR count). The Morgan fingerprint density at radius 1 is 1.15 bits per heavy atom. The fraction of sp³-hybridized carbons (Fsp3) is 0.630. The highest BCUT2D eigenvalue weighted by molar-refractivity contribution is 6.31. The Morgan fingerprint density at radius 3 is 2.52 bits per heavy atom. The molecule has 6 heteroatoms. The third kappa shape index (κ3) is 4.72. The van der Waals surface area contributed by atoms with E-state index in [4.69, 9.17) is 11.6 Å². The van der Waals surface area contributed by atoms with E-state index < -0.39 is 0 Å². The summed E-state index contributed by atoms with van der Waals surface area (Å²) in [6.07, 6.45) is 4.35. The van der Waals surface area contributed by atoms with Gasteiger partial charge < -0.3 is 9.80 Å². The molecule has 2 heterocycles. The van der Waals surface area contributed by atoms with Gasteiger partial charge >= 0.3 is 0 Å². The lowest BCUT2D eigenvalue weighted by Crippen LogP contribution is -2.71. The Labute approximate surface area is 203 Å². The van der Waals surface area contributed by atoms with Crippen LogP contribution in [0.3, 0.4) is 0 Å². The number of rotatable bonds is 4. The molecule has 1 aromatic carbocycles. The first-order valence-electron chi connectivity index (χ1n) is 12.3. The second kappa shape index (κ2) is 9.42. The normalized spacial score (nSPS) is 32.2. The topological polar surface area (TPSA) is 43.9 Å². The minimum atomic E-state index is -0.0139. The quantitative estimate of drug-likeness (QED) is 0.604. The summed E-state index contributed by atoms with van der Waals surface area (Å²) in [5.74, 6) is 0.437. The summed E-state index contributed by atoms with van der Waals surface area (Å²) in [5, 5.41) is 0.772. The molecular formula is C27H38ClN3O2. The molecule has 1 aliphatic carbocycles. The molecule has 3 fully saturated rings. The third-order valence-electron chi connectivity index (χ3n) is 8.32. The number of nitrogens with zero attached hydrogens (tertiary/aromatic N) is 3. The lowest BCUT2D eigenvalue weighted by molar-refractivity contribution is -0.147. The van der Waals surface area contributed by atoms with E-state index >= 15 is 0 Å². The van der Waals surface area contributed by atoms with Crippen LogP contribution in [-0.2, 0) is 9.59 Å². The first-order chi connectivity index (χ1) is 15.6. The highest BCUT2D eigenvalue weighted by Crippen LogP contribution is 2.48. The standard InChI is InChI=1S/C27H38ClN3O2/c1-6-25(32)31-17-24(19(31)3)30-14-13-29(16-18(30)2)26(33)21-11-12-27(4,5)15-22(21)20-9-7-8-10-23(20)28/h6-10,18-19,21-22,24H,1,11-17H2,2-5H3/t18-,19+,21-,22+,24+/m0/s1. The lowest BCUT2D eigenvalue weighted by atomic mass is 9.64. The summed E-state index contributed by atoms with van der Waals surface area (Å²) in [5.41, 5.74) is 1.33. The number of carbonyl (C=O) groups is 2. The number of hydrogen-bond acceptors (Lipinski definition) is 3. The van der Waals surface area contributed by atoms with Gasteiger partial charge in [-0.25, -0.2) is 0 Å². The molecular weight excluding hydrogens is 434 g/mol. The average Bonchev–Trinajstić information content (AvgIpc) is 2.78. The molecule has 1 aromatic rings. The number of benzene rings is 1. The average molecular weight is 472 g/mol. The van der Waals surface area contributed by atoms with Crippen molar-refractivity contribution in [2.24, 2.45) is 11.3 Å². The molecule has 2 aliphatic heterocycles. The highest BCUT2D eigenvalue weighted by atomic mass is 35.5. The molecule has 0 aromatic heterocycles. The molecule has 0 bridgehead atoms. The van der Waals surface area contributed by atoms with E-state index in [0.717, 1.165) is 56.0 Å². The van der Waals surface area contributed by atoms with Crippen LogP contribution in [0.4, 0.5) is 0 Å². The van der Waals surface area contributed by atoms with E-state index in [1.165, 1.54) is 6.08 Å². The molecule has 2 saturated heterocycles. The minimum absolute atomic E-state index is 0.00561. The zero-order valence-electron chi connectivity index (χ0n) is 20.5. The maximum Gasteiger partial charge on any atom is 0.246 e. The molecule has 0 unspecified atom stereocenters. The van der Waals surface area contributed by atoms with Crippen LogP contribution in [0.1, 0.15) is 58.4 Å². The number of likely N-dealkylation sites (tertiary alicyclic amines) is 1. The zero-order chi connectivity index (χ0) is 23.9. The summed E-state index contributed by atoms with van der Waals surface area (Å²) < 4.78 is 0. The Bertz CT molecular complexity index is 916.